The summed E-state index contributed by atoms with van der Waals surface area (Å²) in [4.78, 5) is 26.3. The summed E-state index contributed by atoms with van der Waals surface area (Å²) in [5.41, 5.74) is 5.68. The second kappa shape index (κ2) is 6.84. The zero-order valence-electron chi connectivity index (χ0n) is 11.8. The van der Waals surface area contributed by atoms with Crippen molar-refractivity contribution in [3.8, 4) is 0 Å². The number of likely N-dealkylation sites (N-methyl/N-ethyl adjacent to an activating group) is 1. The van der Waals surface area contributed by atoms with E-state index in [9.17, 15) is 9.59 Å². The van der Waals surface area contributed by atoms with Crippen molar-refractivity contribution in [3.63, 3.8) is 0 Å². The Hall–Kier alpha value is -1.17. The zero-order valence-corrected chi connectivity index (χ0v) is 12.6. The molecule has 1 fully saturated rings. The van der Waals surface area contributed by atoms with Gasteiger partial charge >= 0.3 is 0 Å². The summed E-state index contributed by atoms with van der Waals surface area (Å²) in [7, 11) is 1.59. The average Bonchev–Trinajstić information content (AvgIpc) is 2.36. The van der Waals surface area contributed by atoms with Gasteiger partial charge in [-0.2, -0.15) is 0 Å². The number of piperidine rings is 1. The number of nitrogens with two attached hydrogens (primary N) is 1. The van der Waals surface area contributed by atoms with Gasteiger partial charge in [0.05, 0.1) is 10.9 Å². The molecular weight excluding hydrogens is 262 g/mol. The highest BCUT2D eigenvalue weighted by Gasteiger charge is 2.37. The van der Waals surface area contributed by atoms with Crippen molar-refractivity contribution in [2.24, 2.45) is 17.6 Å². The maximum absolute atomic E-state index is 12.6. The minimum Gasteiger partial charge on any atom is -0.393 e. The second-order valence-electron chi connectivity index (χ2n) is 5.28. The highest BCUT2D eigenvalue weighted by molar-refractivity contribution is 7.80. The average molecular weight is 285 g/mol. The van der Waals surface area contributed by atoms with Gasteiger partial charge in [-0.05, 0) is 25.2 Å². The van der Waals surface area contributed by atoms with Gasteiger partial charge < -0.3 is 16.0 Å². The predicted molar refractivity (Wildman–Crippen MR) is 78.5 cm³/mol. The molecule has 2 unspecified atom stereocenters. The molecule has 0 aromatic carbocycles. The molecule has 0 aromatic heterocycles. The highest BCUT2D eigenvalue weighted by atomic mass is 32.1. The molecule has 3 N–H and O–H groups in total. The maximum Gasteiger partial charge on any atom is 0.242 e. The number of amides is 2. The van der Waals surface area contributed by atoms with Crippen LogP contribution in [-0.4, -0.2) is 41.3 Å². The van der Waals surface area contributed by atoms with Gasteiger partial charge in [0.1, 0.15) is 6.04 Å². The van der Waals surface area contributed by atoms with Crippen molar-refractivity contribution in [1.29, 1.82) is 0 Å². The first-order valence-electron chi connectivity index (χ1n) is 6.71. The van der Waals surface area contributed by atoms with Crippen LogP contribution in [-0.2, 0) is 9.59 Å². The molecule has 1 rings (SSSR count). The van der Waals surface area contributed by atoms with Gasteiger partial charge in [0.15, 0.2) is 0 Å². The number of likely N-dealkylation sites (tertiary alicyclic amines) is 1. The molecule has 2 atom stereocenters. The zero-order chi connectivity index (χ0) is 14.6. The van der Waals surface area contributed by atoms with Crippen LogP contribution >= 0.6 is 12.2 Å². The molecule has 1 saturated heterocycles. The third-order valence-corrected chi connectivity index (χ3v) is 3.83. The molecule has 1 heterocycles. The second-order valence-corrected chi connectivity index (χ2v) is 5.75. The van der Waals surface area contributed by atoms with E-state index in [1.165, 1.54) is 0 Å². The lowest BCUT2D eigenvalue weighted by atomic mass is 9.91. The first kappa shape index (κ1) is 15.9. The highest BCUT2D eigenvalue weighted by Crippen LogP contribution is 2.23. The van der Waals surface area contributed by atoms with Gasteiger partial charge in [-0.3, -0.25) is 9.59 Å². The summed E-state index contributed by atoms with van der Waals surface area (Å²) in [6.45, 7) is 4.43. The van der Waals surface area contributed by atoms with Gasteiger partial charge in [0.25, 0.3) is 0 Å². The van der Waals surface area contributed by atoms with E-state index >= 15 is 0 Å². The summed E-state index contributed by atoms with van der Waals surface area (Å²) in [5, 5.41) is 2.62. The van der Waals surface area contributed by atoms with Crippen LogP contribution < -0.4 is 11.1 Å². The number of thiocarbonyl (C=S) groups is 1. The maximum atomic E-state index is 12.6. The molecule has 6 heteroatoms. The van der Waals surface area contributed by atoms with Crippen molar-refractivity contribution in [2.45, 2.75) is 39.2 Å². The predicted octanol–water partition coefficient (Wildman–Crippen LogP) is 0.672. The largest absolute Gasteiger partial charge is 0.393 e. The van der Waals surface area contributed by atoms with E-state index < -0.39 is 5.92 Å². The van der Waals surface area contributed by atoms with Gasteiger partial charge in [-0.1, -0.05) is 26.1 Å². The Morgan fingerprint density at radius 2 is 2.00 bits per heavy atom. The molecule has 2 amide bonds. The minimum atomic E-state index is -0.486. The fraction of sp³-hybridized carbons (Fsp3) is 0.769. The number of carbonyl (C=O) groups excluding carboxylic acids is 2. The number of hydrogen-bond acceptors (Lipinski definition) is 3. The van der Waals surface area contributed by atoms with E-state index in [4.69, 9.17) is 18.0 Å². The van der Waals surface area contributed by atoms with Crippen molar-refractivity contribution < 1.29 is 9.59 Å². The van der Waals surface area contributed by atoms with Crippen LogP contribution in [0.25, 0.3) is 0 Å². The Morgan fingerprint density at radius 1 is 1.37 bits per heavy atom. The van der Waals surface area contributed by atoms with E-state index in [2.05, 4.69) is 5.32 Å². The molecule has 5 nitrogen and oxygen atoms in total. The standard InChI is InChI=1S/C13H23N3O2S/c1-8(2)10(11(14)19)13(18)16-7-5-4-6-9(16)12(17)15-3/h8-10H,4-7H2,1-3H3,(H2,14,19)(H,15,17). The number of nitrogens with one attached hydrogen (secondary N) is 1. The van der Waals surface area contributed by atoms with Gasteiger partial charge in [0, 0.05) is 13.6 Å². The fourth-order valence-corrected chi connectivity index (χ4v) is 2.92. The molecule has 1 aliphatic heterocycles. The lowest BCUT2D eigenvalue weighted by molar-refractivity contribution is -0.144. The SMILES string of the molecule is CNC(=O)C1CCCCN1C(=O)C(C(N)=S)C(C)C. The molecule has 1 aliphatic rings. The van der Waals surface area contributed by atoms with E-state index in [1.807, 2.05) is 13.8 Å². The normalized spacial score (nSPS) is 21.1. The van der Waals surface area contributed by atoms with Crippen molar-refractivity contribution in [3.05, 3.63) is 0 Å². The van der Waals surface area contributed by atoms with Crippen LogP contribution in [0.4, 0.5) is 0 Å². The van der Waals surface area contributed by atoms with Crippen molar-refractivity contribution in [2.75, 3.05) is 13.6 Å². The number of rotatable bonds is 4. The Kier molecular flexibility index (Phi) is 5.72. The Balaban J connectivity index is 2.93. The Labute approximate surface area is 119 Å². The monoisotopic (exact) mass is 285 g/mol. The van der Waals surface area contributed by atoms with Crippen LogP contribution in [0.5, 0.6) is 0 Å². The summed E-state index contributed by atoms with van der Waals surface area (Å²) in [6.07, 6.45) is 2.58. The van der Waals surface area contributed by atoms with Crippen LogP contribution in [0, 0.1) is 11.8 Å². The van der Waals surface area contributed by atoms with Gasteiger partial charge in [0.2, 0.25) is 11.8 Å². The van der Waals surface area contributed by atoms with Crippen LogP contribution in [0.2, 0.25) is 0 Å². The molecule has 0 aromatic rings. The lowest BCUT2D eigenvalue weighted by Gasteiger charge is -2.37. The summed E-state index contributed by atoms with van der Waals surface area (Å²) in [5.74, 6) is -0.674. The summed E-state index contributed by atoms with van der Waals surface area (Å²) < 4.78 is 0. The summed E-state index contributed by atoms with van der Waals surface area (Å²) >= 11 is 5.00. The van der Waals surface area contributed by atoms with E-state index in [1.54, 1.807) is 11.9 Å². The van der Waals surface area contributed by atoms with Crippen LogP contribution in [0.15, 0.2) is 0 Å². The quantitative estimate of drug-likeness (QED) is 0.745. The lowest BCUT2D eigenvalue weighted by Crippen LogP contribution is -2.55. The van der Waals surface area contributed by atoms with Gasteiger partial charge in [-0.15, -0.1) is 0 Å². The van der Waals surface area contributed by atoms with E-state index in [0.29, 0.717) is 13.0 Å². The molecule has 0 saturated carbocycles. The Bertz CT molecular complexity index is 371. The number of nitrogens with zero attached hydrogens (tertiary/aromatic N) is 1. The fourth-order valence-electron chi connectivity index (χ4n) is 2.55. The number of carbonyl (C=O) groups is 2. The molecular formula is C13H23N3O2S. The smallest absolute Gasteiger partial charge is 0.242 e. The molecule has 0 bridgehead atoms. The molecule has 0 spiro atoms. The van der Waals surface area contributed by atoms with E-state index in [0.717, 1.165) is 12.8 Å². The Morgan fingerprint density at radius 3 is 2.47 bits per heavy atom. The van der Waals surface area contributed by atoms with Crippen LogP contribution in [0.1, 0.15) is 33.1 Å². The van der Waals surface area contributed by atoms with Crippen molar-refractivity contribution in [1.82, 2.24) is 10.2 Å². The van der Waals surface area contributed by atoms with Crippen LogP contribution in [0.3, 0.4) is 0 Å². The third-order valence-electron chi connectivity index (χ3n) is 3.57. The first-order chi connectivity index (χ1) is 8.90. The van der Waals surface area contributed by atoms with Crippen molar-refractivity contribution >= 4 is 29.0 Å². The molecule has 19 heavy (non-hydrogen) atoms. The van der Waals surface area contributed by atoms with Gasteiger partial charge in [-0.25, -0.2) is 0 Å². The molecule has 108 valence electrons. The first-order valence-corrected chi connectivity index (χ1v) is 7.12. The molecule has 0 radical (unpaired) electrons. The number of hydrogen-bond donors (Lipinski definition) is 2. The van der Waals surface area contributed by atoms with E-state index in [-0.39, 0.29) is 28.8 Å². The summed E-state index contributed by atoms with van der Waals surface area (Å²) in [6, 6.07) is -0.387. The third kappa shape index (κ3) is 3.65. The minimum absolute atomic E-state index is 0.0391. The molecule has 0 aliphatic carbocycles. The topological polar surface area (TPSA) is 75.4 Å².